The molecule has 0 aromatic heterocycles. The number of esters is 1. The fraction of sp³-hybridized carbons (Fsp3) is 0.632. The van der Waals surface area contributed by atoms with Crippen LogP contribution in [0.1, 0.15) is 63.4 Å². The van der Waals surface area contributed by atoms with Crippen molar-refractivity contribution in [1.29, 1.82) is 0 Å². The van der Waals surface area contributed by atoms with Crippen LogP contribution in [0.3, 0.4) is 0 Å². The van der Waals surface area contributed by atoms with Gasteiger partial charge in [-0.1, -0.05) is 12.1 Å². The standard InChI is InChI=1S/C19H26O3/c1-2-22-18(21)11-14-12-19(13-14)9-7-16(8-10-19)15-3-5-17(20)6-4-15/h3-6,14,16,20H,2,7-13H2,1H3. The Balaban J connectivity index is 1.47. The summed E-state index contributed by atoms with van der Waals surface area (Å²) in [6.45, 7) is 2.36. The zero-order chi connectivity index (χ0) is 15.6. The summed E-state index contributed by atoms with van der Waals surface area (Å²) in [6.07, 6.45) is 8.03. The number of rotatable bonds is 4. The van der Waals surface area contributed by atoms with Gasteiger partial charge in [-0.25, -0.2) is 0 Å². The Kier molecular flexibility index (Phi) is 4.42. The van der Waals surface area contributed by atoms with Crippen LogP contribution < -0.4 is 0 Å². The van der Waals surface area contributed by atoms with E-state index < -0.39 is 0 Å². The highest BCUT2D eigenvalue weighted by molar-refractivity contribution is 5.69. The smallest absolute Gasteiger partial charge is 0.306 e. The molecule has 2 aliphatic rings. The van der Waals surface area contributed by atoms with E-state index in [1.165, 1.54) is 44.1 Å². The third-order valence-electron chi connectivity index (χ3n) is 5.61. The van der Waals surface area contributed by atoms with Gasteiger partial charge in [-0.15, -0.1) is 0 Å². The summed E-state index contributed by atoms with van der Waals surface area (Å²) in [5, 5.41) is 9.39. The van der Waals surface area contributed by atoms with E-state index in [1.807, 2.05) is 6.92 Å². The van der Waals surface area contributed by atoms with Crippen molar-refractivity contribution in [3.63, 3.8) is 0 Å². The van der Waals surface area contributed by atoms with Crippen LogP contribution >= 0.6 is 0 Å². The van der Waals surface area contributed by atoms with E-state index >= 15 is 0 Å². The van der Waals surface area contributed by atoms with Crippen LogP contribution in [0.2, 0.25) is 0 Å². The molecule has 1 aromatic rings. The largest absolute Gasteiger partial charge is 0.508 e. The molecule has 2 fully saturated rings. The molecule has 0 bridgehead atoms. The maximum atomic E-state index is 11.5. The van der Waals surface area contributed by atoms with Gasteiger partial charge in [-0.3, -0.25) is 4.79 Å². The topological polar surface area (TPSA) is 46.5 Å². The molecular weight excluding hydrogens is 276 g/mol. The summed E-state index contributed by atoms with van der Waals surface area (Å²) in [5.41, 5.74) is 1.86. The van der Waals surface area contributed by atoms with Crippen molar-refractivity contribution in [2.24, 2.45) is 11.3 Å². The summed E-state index contributed by atoms with van der Waals surface area (Å²) in [4.78, 5) is 11.5. The van der Waals surface area contributed by atoms with E-state index in [2.05, 4.69) is 12.1 Å². The van der Waals surface area contributed by atoms with E-state index in [1.54, 1.807) is 12.1 Å². The Morgan fingerprint density at radius 3 is 2.45 bits per heavy atom. The van der Waals surface area contributed by atoms with E-state index in [-0.39, 0.29) is 5.97 Å². The summed E-state index contributed by atoms with van der Waals surface area (Å²) in [6, 6.07) is 7.70. The second-order valence-corrected chi connectivity index (χ2v) is 7.15. The van der Waals surface area contributed by atoms with Crippen molar-refractivity contribution in [1.82, 2.24) is 0 Å². The molecule has 0 amide bonds. The molecule has 0 heterocycles. The number of phenols is 1. The normalized spacial score (nSPS) is 30.8. The van der Waals surface area contributed by atoms with E-state index in [9.17, 15) is 9.90 Å². The molecule has 3 rings (SSSR count). The Morgan fingerprint density at radius 1 is 1.23 bits per heavy atom. The van der Waals surface area contributed by atoms with Gasteiger partial charge in [0.05, 0.1) is 6.61 Å². The van der Waals surface area contributed by atoms with Gasteiger partial charge in [0.1, 0.15) is 5.75 Å². The van der Waals surface area contributed by atoms with Gasteiger partial charge < -0.3 is 9.84 Å². The predicted octanol–water partition coefficient (Wildman–Crippen LogP) is 4.40. The minimum Gasteiger partial charge on any atom is -0.508 e. The number of carbonyl (C=O) groups is 1. The lowest BCUT2D eigenvalue weighted by Crippen LogP contribution is -2.41. The van der Waals surface area contributed by atoms with Crippen LogP contribution in [0.15, 0.2) is 24.3 Å². The number of benzene rings is 1. The molecule has 0 aliphatic heterocycles. The zero-order valence-electron chi connectivity index (χ0n) is 13.4. The van der Waals surface area contributed by atoms with Crippen molar-refractivity contribution in [3.05, 3.63) is 29.8 Å². The van der Waals surface area contributed by atoms with Crippen molar-refractivity contribution >= 4 is 5.97 Å². The fourth-order valence-corrected chi connectivity index (χ4v) is 4.48. The quantitative estimate of drug-likeness (QED) is 0.839. The number of phenolic OH excluding ortho intramolecular Hbond substituents is 1. The van der Waals surface area contributed by atoms with Crippen LogP contribution in [0, 0.1) is 11.3 Å². The Labute approximate surface area is 132 Å². The van der Waals surface area contributed by atoms with Gasteiger partial charge in [-0.2, -0.15) is 0 Å². The molecule has 1 spiro atoms. The van der Waals surface area contributed by atoms with Crippen LogP contribution in [0.4, 0.5) is 0 Å². The molecule has 120 valence electrons. The molecule has 0 unspecified atom stereocenters. The lowest BCUT2D eigenvalue weighted by molar-refractivity contribution is -0.146. The number of hydrogen-bond acceptors (Lipinski definition) is 3. The molecule has 1 N–H and O–H groups in total. The summed E-state index contributed by atoms with van der Waals surface area (Å²) in [5.74, 6) is 1.50. The average Bonchev–Trinajstić information content (AvgIpc) is 2.48. The SMILES string of the molecule is CCOC(=O)CC1CC2(CCC(c3ccc(O)cc3)CC2)C1. The van der Waals surface area contributed by atoms with Crippen molar-refractivity contribution < 1.29 is 14.6 Å². The molecule has 22 heavy (non-hydrogen) atoms. The Bertz CT molecular complexity index is 504. The zero-order valence-corrected chi connectivity index (χ0v) is 13.4. The highest BCUT2D eigenvalue weighted by Gasteiger charge is 2.46. The number of aromatic hydroxyl groups is 1. The van der Waals surface area contributed by atoms with Crippen LogP contribution in [-0.4, -0.2) is 17.7 Å². The van der Waals surface area contributed by atoms with Gasteiger partial charge in [0, 0.05) is 6.42 Å². The minimum atomic E-state index is -0.0277. The fourth-order valence-electron chi connectivity index (χ4n) is 4.48. The van der Waals surface area contributed by atoms with Gasteiger partial charge in [0.15, 0.2) is 0 Å². The second-order valence-electron chi connectivity index (χ2n) is 7.15. The first kappa shape index (κ1) is 15.4. The molecule has 2 aliphatic carbocycles. The van der Waals surface area contributed by atoms with Crippen molar-refractivity contribution in [3.8, 4) is 5.75 Å². The van der Waals surface area contributed by atoms with E-state index in [4.69, 9.17) is 4.74 Å². The summed E-state index contributed by atoms with van der Waals surface area (Å²) >= 11 is 0. The Hall–Kier alpha value is -1.51. The minimum absolute atomic E-state index is 0.0277. The van der Waals surface area contributed by atoms with Crippen LogP contribution in [-0.2, 0) is 9.53 Å². The van der Waals surface area contributed by atoms with Gasteiger partial charge in [-0.05, 0) is 80.4 Å². The number of ether oxygens (including phenoxy) is 1. The molecule has 3 heteroatoms. The van der Waals surface area contributed by atoms with Gasteiger partial charge in [0.2, 0.25) is 0 Å². The first-order valence-corrected chi connectivity index (χ1v) is 8.55. The average molecular weight is 302 g/mol. The second kappa shape index (κ2) is 6.31. The lowest BCUT2D eigenvalue weighted by Gasteiger charge is -2.51. The van der Waals surface area contributed by atoms with Crippen molar-refractivity contribution in [2.45, 2.75) is 57.8 Å². The Morgan fingerprint density at radius 2 is 1.86 bits per heavy atom. The van der Waals surface area contributed by atoms with Crippen LogP contribution in [0.25, 0.3) is 0 Å². The van der Waals surface area contributed by atoms with Crippen molar-refractivity contribution in [2.75, 3.05) is 6.61 Å². The number of carbonyl (C=O) groups excluding carboxylic acids is 1. The predicted molar refractivity (Wildman–Crippen MR) is 85.7 cm³/mol. The molecule has 0 saturated heterocycles. The van der Waals surface area contributed by atoms with E-state index in [0.717, 1.165) is 0 Å². The highest BCUT2D eigenvalue weighted by Crippen LogP contribution is 2.57. The van der Waals surface area contributed by atoms with Gasteiger partial charge in [0.25, 0.3) is 0 Å². The lowest BCUT2D eigenvalue weighted by atomic mass is 9.53. The molecule has 3 nitrogen and oxygen atoms in total. The molecule has 0 radical (unpaired) electrons. The maximum absolute atomic E-state index is 11.5. The third-order valence-corrected chi connectivity index (χ3v) is 5.61. The first-order valence-electron chi connectivity index (χ1n) is 8.55. The summed E-state index contributed by atoms with van der Waals surface area (Å²) in [7, 11) is 0. The molecule has 2 saturated carbocycles. The number of hydrogen-bond donors (Lipinski definition) is 1. The van der Waals surface area contributed by atoms with Crippen LogP contribution in [0.5, 0.6) is 5.75 Å². The third kappa shape index (κ3) is 3.29. The molecule has 0 atom stereocenters. The molecular formula is C19H26O3. The molecule has 1 aromatic carbocycles. The highest BCUT2D eigenvalue weighted by atomic mass is 16.5. The maximum Gasteiger partial charge on any atom is 0.306 e. The summed E-state index contributed by atoms with van der Waals surface area (Å²) < 4.78 is 5.05. The van der Waals surface area contributed by atoms with Gasteiger partial charge >= 0.3 is 5.97 Å². The monoisotopic (exact) mass is 302 g/mol. The van der Waals surface area contributed by atoms with E-state index in [0.29, 0.717) is 36.0 Å². The first-order chi connectivity index (χ1) is 10.6.